The third-order valence-electron chi connectivity index (χ3n) is 22.5. The zero-order valence-electron chi connectivity index (χ0n) is 61.9. The van der Waals surface area contributed by atoms with Gasteiger partial charge < -0.3 is 19.7 Å². The first-order chi connectivity index (χ1) is 46.6. The first-order valence-corrected chi connectivity index (χ1v) is 38.4. The van der Waals surface area contributed by atoms with Crippen LogP contribution in [0.1, 0.15) is 314 Å². The van der Waals surface area contributed by atoms with Gasteiger partial charge in [0.05, 0.1) is 59.2 Å². The molecule has 0 bridgehead atoms. The van der Waals surface area contributed by atoms with Crippen molar-refractivity contribution in [3.8, 4) is 0 Å². The second kappa shape index (κ2) is 26.5. The zero-order chi connectivity index (χ0) is 72.9. The van der Waals surface area contributed by atoms with E-state index in [1.807, 2.05) is 71.2 Å². The molecule has 0 unspecified atom stereocenters. The first-order valence-electron chi connectivity index (χ1n) is 35.1. The first kappa shape index (κ1) is 74.0. The van der Waals surface area contributed by atoms with Crippen molar-refractivity contribution >= 4 is 80.4 Å². The van der Waals surface area contributed by atoms with Gasteiger partial charge in [-0.05, 0) is 148 Å². The summed E-state index contributed by atoms with van der Waals surface area (Å²) in [6.45, 7) is 45.4. The smallest absolute Gasteiger partial charge is 0.337 e. The number of esters is 2. The lowest BCUT2D eigenvalue weighted by molar-refractivity contribution is 0.0592. The van der Waals surface area contributed by atoms with E-state index in [-0.39, 0.29) is 71.7 Å². The van der Waals surface area contributed by atoms with Crippen LogP contribution in [0.5, 0.6) is 0 Å². The van der Waals surface area contributed by atoms with Gasteiger partial charge in [-0.2, -0.15) is 0 Å². The maximum absolute atomic E-state index is 11.7. The van der Waals surface area contributed by atoms with Crippen LogP contribution in [0.3, 0.4) is 0 Å². The molecule has 16 heteroatoms. The number of aromatic carboxylic acids is 2. The summed E-state index contributed by atoms with van der Waals surface area (Å²) in [6, 6.07) is 29.5. The quantitative estimate of drug-likeness (QED) is 0.111. The molecule has 12 nitrogen and oxygen atoms in total. The number of methoxy groups -OCH3 is 2. The molecule has 2 N–H and O–H groups in total. The number of benzene rings is 4. The standard InChI is InChI=1S/C22H27NO2S.2C21H25NO2S.C20H23NO2S/c1-20(2)10-11-21(3,4)17-16(20)23-19(26-17)22(12-13-22)15-8-6-14(7-9-15)18(24)25-5;1-19(2)9-10-20(3,4)16-15(19)22-18(25-16)21(11-12-21)14-7-5-13(6-8-14)17(23)24;1-13(14-7-9-15(10-8-14)19(23)24-6)18-22-16-17(25-18)21(4,5)12-11-20(16,2)3;1-12(13-6-8-14(9-7-13)18(22)23)17-21-15-16(24-17)20(4,5)11-10-19(15,2)3/h6-9H,10-13H2,1-5H3;5-8H,9-12H2,1-4H3,(H,23,24);7-10H,1,11-12H2,2-6H3;6-9H,1,10-11H2,2-5H3,(H,22,23). The van der Waals surface area contributed by atoms with Gasteiger partial charge in [-0.3, -0.25) is 0 Å². The number of fused-ring (bicyclic) bond motifs is 4. The molecule has 4 aromatic carbocycles. The summed E-state index contributed by atoms with van der Waals surface area (Å²) >= 11 is 7.30. The van der Waals surface area contributed by atoms with Crippen molar-refractivity contribution in [1.82, 2.24) is 19.9 Å². The van der Waals surface area contributed by atoms with E-state index in [0.717, 1.165) is 77.2 Å². The largest absolute Gasteiger partial charge is 0.478 e. The van der Waals surface area contributed by atoms with Crippen molar-refractivity contribution < 1.29 is 38.9 Å². The van der Waals surface area contributed by atoms with Crippen molar-refractivity contribution in [2.24, 2.45) is 0 Å². The van der Waals surface area contributed by atoms with Gasteiger partial charge in [0.1, 0.15) is 20.0 Å². The molecule has 6 aliphatic rings. The number of nitrogens with zero attached hydrogens (tertiary/aromatic N) is 4. The molecule has 4 heterocycles. The lowest BCUT2D eigenvalue weighted by Gasteiger charge is -2.37. The van der Waals surface area contributed by atoms with E-state index in [2.05, 4.69) is 136 Å². The molecule has 14 rings (SSSR count). The van der Waals surface area contributed by atoms with Crippen molar-refractivity contribution in [2.45, 2.75) is 242 Å². The Hall–Kier alpha value is -7.24. The number of hydrogen-bond acceptors (Lipinski definition) is 14. The lowest BCUT2D eigenvalue weighted by atomic mass is 9.69. The number of rotatable bonds is 12. The summed E-state index contributed by atoms with van der Waals surface area (Å²) in [5.41, 5.74) is 14.2. The summed E-state index contributed by atoms with van der Waals surface area (Å²) in [5, 5.41) is 22.5. The SMILES string of the molecule is C=C(c1ccc(C(=O)O)cc1)c1nc2c(s1)C(C)(C)CCC2(C)C.C=C(c1ccc(C(=O)OC)cc1)c1nc2c(s1)C(C)(C)CCC2(C)C.CC1(C)CCC(C)(C)c2sc(C3(c4ccc(C(=O)O)cc4)CC3)nc21.COC(=O)c1ccc(C2(c3nc4c(s3)C(C)(C)CCC4(C)C)CC2)cc1. The van der Waals surface area contributed by atoms with E-state index in [4.69, 9.17) is 39.6 Å². The van der Waals surface area contributed by atoms with Gasteiger partial charge in [-0.25, -0.2) is 39.1 Å². The Morgan fingerprint density at radius 3 is 0.810 bits per heavy atom. The Morgan fingerprint density at radius 2 is 0.560 bits per heavy atom. The van der Waals surface area contributed by atoms with Gasteiger partial charge in [0, 0.05) is 84.8 Å². The maximum atomic E-state index is 11.7. The van der Waals surface area contributed by atoms with E-state index in [1.165, 1.54) is 110 Å². The predicted molar refractivity (Wildman–Crippen MR) is 408 cm³/mol. The highest BCUT2D eigenvalue weighted by Crippen LogP contribution is 2.60. The molecule has 0 spiro atoms. The average molecular weight is 1420 g/mol. The molecule has 0 saturated heterocycles. The van der Waals surface area contributed by atoms with E-state index in [1.54, 1.807) is 59.1 Å². The second-order valence-corrected chi connectivity index (χ2v) is 37.9. The van der Waals surface area contributed by atoms with E-state index in [9.17, 15) is 19.2 Å². The molecule has 6 aliphatic carbocycles. The predicted octanol–water partition coefficient (Wildman–Crippen LogP) is 21.2. The third-order valence-corrected chi connectivity index (χ3v) is 28.8. The minimum Gasteiger partial charge on any atom is -0.478 e. The third kappa shape index (κ3) is 14.2. The van der Waals surface area contributed by atoms with Crippen molar-refractivity contribution in [3.05, 3.63) is 217 Å². The van der Waals surface area contributed by atoms with Gasteiger partial charge in [0.25, 0.3) is 0 Å². The Labute approximate surface area is 608 Å². The average Bonchev–Trinajstić information content (AvgIpc) is 1.57. The van der Waals surface area contributed by atoms with Crippen LogP contribution in [0, 0.1) is 0 Å². The van der Waals surface area contributed by atoms with Gasteiger partial charge in [-0.1, -0.05) is 172 Å². The fourth-order valence-corrected chi connectivity index (χ4v) is 20.5. The Morgan fingerprint density at radius 1 is 0.330 bits per heavy atom. The molecule has 2 saturated carbocycles. The Bertz CT molecular complexity index is 4350. The van der Waals surface area contributed by atoms with Crippen LogP contribution < -0.4 is 0 Å². The number of ether oxygens (including phenoxy) is 2. The highest BCUT2D eigenvalue weighted by Gasteiger charge is 2.53. The summed E-state index contributed by atoms with van der Waals surface area (Å²) in [5.74, 6) is -2.40. The van der Waals surface area contributed by atoms with Crippen LogP contribution in [-0.4, -0.2) is 68.2 Å². The minimum absolute atomic E-state index is 0.00516. The van der Waals surface area contributed by atoms with E-state index in [0.29, 0.717) is 16.7 Å². The van der Waals surface area contributed by atoms with Crippen molar-refractivity contribution in [1.29, 1.82) is 0 Å². The molecule has 528 valence electrons. The number of thiazole rings is 4. The summed E-state index contributed by atoms with van der Waals surface area (Å²) < 4.78 is 9.56. The molecule has 100 heavy (non-hydrogen) atoms. The van der Waals surface area contributed by atoms with Gasteiger partial charge in [-0.15, -0.1) is 45.3 Å². The topological polar surface area (TPSA) is 179 Å². The summed E-state index contributed by atoms with van der Waals surface area (Å²) in [6.07, 6.45) is 13.9. The molecule has 0 aliphatic heterocycles. The fourth-order valence-electron chi connectivity index (χ4n) is 14.5. The molecule has 0 amide bonds. The molecular weight excluding hydrogens is 1320 g/mol. The normalized spacial score (nSPS) is 19.9. The number of carbonyl (C=O) groups is 4. The minimum atomic E-state index is -0.916. The van der Waals surface area contributed by atoms with E-state index >= 15 is 0 Å². The monoisotopic (exact) mass is 1420 g/mol. The van der Waals surface area contributed by atoms with Crippen LogP contribution in [0.25, 0.3) is 11.1 Å². The molecule has 8 aromatic rings. The number of carboxylic acid groups (broad SMARTS) is 2. The zero-order valence-corrected chi connectivity index (χ0v) is 65.2. The highest BCUT2D eigenvalue weighted by atomic mass is 32.1. The van der Waals surface area contributed by atoms with Gasteiger partial charge in [0.2, 0.25) is 0 Å². The summed E-state index contributed by atoms with van der Waals surface area (Å²) in [4.78, 5) is 71.4. The fraction of sp³-hybridized carbons (Fsp3) is 0.476. The van der Waals surface area contributed by atoms with Crippen molar-refractivity contribution in [2.75, 3.05) is 14.2 Å². The lowest BCUT2D eigenvalue weighted by Crippen LogP contribution is -2.32. The van der Waals surface area contributed by atoms with Crippen LogP contribution in [0.15, 0.2) is 110 Å². The van der Waals surface area contributed by atoms with Crippen LogP contribution in [0.2, 0.25) is 0 Å². The second-order valence-electron chi connectivity index (χ2n) is 33.9. The highest BCUT2D eigenvalue weighted by molar-refractivity contribution is 7.13. The Kier molecular flexibility index (Phi) is 19.6. The van der Waals surface area contributed by atoms with E-state index < -0.39 is 11.9 Å². The number of aromatic nitrogens is 4. The molecule has 2 fully saturated rings. The van der Waals surface area contributed by atoms with Crippen LogP contribution in [-0.2, 0) is 63.6 Å². The number of carbonyl (C=O) groups excluding carboxylic acids is 2. The molecule has 4 aromatic heterocycles. The molecular formula is C84H100N4O8S4. The summed E-state index contributed by atoms with van der Waals surface area (Å²) in [7, 11) is 2.81. The maximum Gasteiger partial charge on any atom is 0.337 e. The number of carboxylic acids is 2. The van der Waals surface area contributed by atoms with Crippen LogP contribution >= 0.6 is 45.3 Å². The molecule has 0 atom stereocenters. The van der Waals surface area contributed by atoms with Crippen LogP contribution in [0.4, 0.5) is 0 Å². The molecule has 0 radical (unpaired) electrons. The number of hydrogen-bond donors (Lipinski definition) is 2. The van der Waals surface area contributed by atoms with Gasteiger partial charge in [0.15, 0.2) is 0 Å². The Balaban J connectivity index is 0.000000135. The van der Waals surface area contributed by atoms with Gasteiger partial charge >= 0.3 is 23.9 Å². The van der Waals surface area contributed by atoms with Crippen molar-refractivity contribution in [3.63, 3.8) is 0 Å².